The van der Waals surface area contributed by atoms with Crippen molar-refractivity contribution in [1.29, 1.82) is 0 Å². The standard InChI is InChI=1S/C28H34O2Si/c1-18(2)31(19(3)4,20(5)6)13-12-21-10-11-24-23(14-21)17-30-28-16-25-22(15-26(24)28)8-7-9-27(25)29/h10-11,14-16,18-20H,7-9,17H2,1-6H3. The van der Waals surface area contributed by atoms with Gasteiger partial charge in [-0.25, -0.2) is 0 Å². The zero-order chi connectivity index (χ0) is 22.3. The Morgan fingerprint density at radius 3 is 2.23 bits per heavy atom. The predicted octanol–water partition coefficient (Wildman–Crippen LogP) is 7.33. The highest BCUT2D eigenvalue weighted by Crippen LogP contribution is 2.42. The van der Waals surface area contributed by atoms with Crippen LogP contribution in [-0.2, 0) is 13.0 Å². The molecule has 1 aliphatic carbocycles. The van der Waals surface area contributed by atoms with Crippen molar-refractivity contribution in [2.45, 2.75) is 84.0 Å². The van der Waals surface area contributed by atoms with Gasteiger partial charge < -0.3 is 4.74 Å². The van der Waals surface area contributed by atoms with Crippen LogP contribution in [0.25, 0.3) is 11.1 Å². The molecule has 0 amide bonds. The van der Waals surface area contributed by atoms with Gasteiger partial charge in [0.05, 0.1) is 0 Å². The van der Waals surface area contributed by atoms with Crippen LogP contribution in [0, 0.1) is 11.5 Å². The molecule has 31 heavy (non-hydrogen) atoms. The molecule has 0 spiro atoms. The summed E-state index contributed by atoms with van der Waals surface area (Å²) in [5, 5.41) is 0. The maximum absolute atomic E-state index is 12.3. The monoisotopic (exact) mass is 430 g/mol. The minimum Gasteiger partial charge on any atom is -0.488 e. The third-order valence-electron chi connectivity index (χ3n) is 7.42. The van der Waals surface area contributed by atoms with Crippen molar-refractivity contribution in [2.75, 3.05) is 0 Å². The number of carbonyl (C=O) groups is 1. The van der Waals surface area contributed by atoms with E-state index in [1.54, 1.807) is 0 Å². The van der Waals surface area contributed by atoms with Crippen molar-refractivity contribution in [1.82, 2.24) is 0 Å². The molecule has 0 atom stereocenters. The van der Waals surface area contributed by atoms with E-state index < -0.39 is 8.07 Å². The van der Waals surface area contributed by atoms with E-state index in [1.165, 1.54) is 11.1 Å². The fourth-order valence-corrected chi connectivity index (χ4v) is 11.0. The lowest BCUT2D eigenvalue weighted by atomic mass is 9.86. The van der Waals surface area contributed by atoms with E-state index in [4.69, 9.17) is 4.74 Å². The minimum atomic E-state index is -1.75. The van der Waals surface area contributed by atoms with Gasteiger partial charge in [-0.05, 0) is 70.4 Å². The first-order valence-corrected chi connectivity index (χ1v) is 14.0. The number of ketones is 1. The van der Waals surface area contributed by atoms with E-state index in [1.807, 2.05) is 6.07 Å². The topological polar surface area (TPSA) is 26.3 Å². The molecule has 4 rings (SSSR count). The molecule has 0 saturated heterocycles. The van der Waals surface area contributed by atoms with Crippen LogP contribution >= 0.6 is 0 Å². The van der Waals surface area contributed by atoms with E-state index in [0.717, 1.165) is 40.8 Å². The molecule has 2 aliphatic rings. The third kappa shape index (κ3) is 3.76. The number of rotatable bonds is 3. The first-order valence-electron chi connectivity index (χ1n) is 11.7. The summed E-state index contributed by atoms with van der Waals surface area (Å²) < 4.78 is 6.09. The van der Waals surface area contributed by atoms with E-state index in [2.05, 4.69) is 77.3 Å². The smallest absolute Gasteiger partial charge is 0.163 e. The first-order chi connectivity index (χ1) is 14.7. The van der Waals surface area contributed by atoms with Crippen LogP contribution in [0.2, 0.25) is 16.6 Å². The van der Waals surface area contributed by atoms with Crippen molar-refractivity contribution < 1.29 is 9.53 Å². The highest BCUT2D eigenvalue weighted by Gasteiger charge is 2.41. The number of hydrogen-bond donors (Lipinski definition) is 0. The second-order valence-electron chi connectivity index (χ2n) is 10.1. The Bertz CT molecular complexity index is 1060. The molecule has 3 heteroatoms. The van der Waals surface area contributed by atoms with Crippen LogP contribution in [0.3, 0.4) is 0 Å². The van der Waals surface area contributed by atoms with Gasteiger partial charge >= 0.3 is 0 Å². The summed E-state index contributed by atoms with van der Waals surface area (Å²) in [4.78, 5) is 12.3. The van der Waals surface area contributed by atoms with Crippen LogP contribution < -0.4 is 4.74 Å². The minimum absolute atomic E-state index is 0.247. The highest BCUT2D eigenvalue weighted by atomic mass is 28.3. The van der Waals surface area contributed by atoms with Crippen LogP contribution in [0.4, 0.5) is 0 Å². The number of ether oxygens (including phenoxy) is 1. The van der Waals surface area contributed by atoms with Gasteiger partial charge in [0, 0.05) is 23.1 Å². The van der Waals surface area contributed by atoms with Gasteiger partial charge in [-0.1, -0.05) is 53.5 Å². The third-order valence-corrected chi connectivity index (χ3v) is 13.7. The predicted molar refractivity (Wildman–Crippen MR) is 131 cm³/mol. The number of aryl methyl sites for hydroxylation is 1. The summed E-state index contributed by atoms with van der Waals surface area (Å²) in [6.45, 7) is 14.6. The molecule has 0 radical (unpaired) electrons. The molecule has 0 saturated carbocycles. The molecule has 162 valence electrons. The maximum Gasteiger partial charge on any atom is 0.163 e. The van der Waals surface area contributed by atoms with Crippen LogP contribution in [0.15, 0.2) is 30.3 Å². The van der Waals surface area contributed by atoms with Crippen LogP contribution in [0.1, 0.15) is 81.4 Å². The number of carbonyl (C=O) groups excluding carboxylic acids is 1. The zero-order valence-electron chi connectivity index (χ0n) is 19.8. The molecule has 2 aromatic rings. The SMILES string of the molecule is CC(C)[Si](C#Cc1ccc2c(c1)COc1cc3c(cc1-2)CCCC3=O)(C(C)C)C(C)C. The molecule has 1 aliphatic heterocycles. The fraction of sp³-hybridized carbons (Fsp3) is 0.464. The summed E-state index contributed by atoms with van der Waals surface area (Å²) in [7, 11) is -1.75. The summed E-state index contributed by atoms with van der Waals surface area (Å²) in [6.07, 6.45) is 2.57. The largest absolute Gasteiger partial charge is 0.488 e. The lowest BCUT2D eigenvalue weighted by molar-refractivity contribution is 0.0972. The van der Waals surface area contributed by atoms with E-state index in [9.17, 15) is 4.79 Å². The zero-order valence-corrected chi connectivity index (χ0v) is 20.8. The average molecular weight is 431 g/mol. The van der Waals surface area contributed by atoms with Crippen molar-refractivity contribution in [2.24, 2.45) is 0 Å². The Morgan fingerprint density at radius 1 is 0.839 bits per heavy atom. The molecule has 0 unspecified atom stereocenters. The molecule has 2 nitrogen and oxygen atoms in total. The molecular weight excluding hydrogens is 396 g/mol. The Morgan fingerprint density at radius 2 is 1.55 bits per heavy atom. The van der Waals surface area contributed by atoms with Gasteiger partial charge in [-0.3, -0.25) is 4.79 Å². The Hall–Kier alpha value is -2.31. The lowest BCUT2D eigenvalue weighted by Gasteiger charge is -2.38. The molecule has 2 aromatic carbocycles. The van der Waals surface area contributed by atoms with Crippen LogP contribution in [-0.4, -0.2) is 13.9 Å². The number of fused-ring (bicyclic) bond motifs is 4. The van der Waals surface area contributed by atoms with E-state index in [-0.39, 0.29) is 5.78 Å². The summed E-state index contributed by atoms with van der Waals surface area (Å²) >= 11 is 0. The van der Waals surface area contributed by atoms with E-state index >= 15 is 0 Å². The van der Waals surface area contributed by atoms with Gasteiger partial charge in [0.15, 0.2) is 5.78 Å². The number of hydrogen-bond acceptors (Lipinski definition) is 2. The summed E-state index contributed by atoms with van der Waals surface area (Å²) in [5.74, 6) is 4.66. The van der Waals surface area contributed by atoms with Gasteiger partial charge in [0.1, 0.15) is 20.4 Å². The van der Waals surface area contributed by atoms with Crippen molar-refractivity contribution in [3.05, 3.63) is 52.6 Å². The maximum atomic E-state index is 12.3. The number of benzene rings is 2. The van der Waals surface area contributed by atoms with Gasteiger partial charge in [-0.15, -0.1) is 5.54 Å². The summed E-state index contributed by atoms with van der Waals surface area (Å²) in [6, 6.07) is 10.7. The Balaban J connectivity index is 1.72. The normalized spacial score (nSPS) is 15.2. The Kier molecular flexibility index (Phi) is 5.88. The lowest BCUT2D eigenvalue weighted by Crippen LogP contribution is -2.43. The second-order valence-corrected chi connectivity index (χ2v) is 15.7. The van der Waals surface area contributed by atoms with Crippen molar-refractivity contribution in [3.63, 3.8) is 0 Å². The fourth-order valence-electron chi connectivity index (χ4n) is 5.82. The molecule has 0 aromatic heterocycles. The second kappa shape index (κ2) is 8.32. The molecule has 1 heterocycles. The average Bonchev–Trinajstić information content (AvgIpc) is 2.72. The molecular formula is C28H34O2Si. The van der Waals surface area contributed by atoms with E-state index in [0.29, 0.717) is 29.7 Å². The molecule has 0 fully saturated rings. The highest BCUT2D eigenvalue weighted by molar-refractivity contribution is 6.90. The van der Waals surface area contributed by atoms with Crippen molar-refractivity contribution in [3.8, 4) is 28.3 Å². The number of Topliss-reactive ketones (excluding diaryl/α,β-unsaturated/α-hetero) is 1. The van der Waals surface area contributed by atoms with Crippen LogP contribution in [0.5, 0.6) is 5.75 Å². The van der Waals surface area contributed by atoms with Gasteiger partial charge in [0.2, 0.25) is 0 Å². The summed E-state index contributed by atoms with van der Waals surface area (Å²) in [5.41, 5.74) is 12.3. The Labute approximate surface area is 188 Å². The van der Waals surface area contributed by atoms with Gasteiger partial charge in [0.25, 0.3) is 0 Å². The molecule has 0 bridgehead atoms. The molecule has 0 N–H and O–H groups in total. The first kappa shape index (κ1) is 21.9. The van der Waals surface area contributed by atoms with Crippen molar-refractivity contribution >= 4 is 13.9 Å². The van der Waals surface area contributed by atoms with Gasteiger partial charge in [-0.2, -0.15) is 0 Å². The quantitative estimate of drug-likeness (QED) is 0.376.